The second-order valence-corrected chi connectivity index (χ2v) is 6.88. The number of ether oxygens (including phenoxy) is 2. The molecule has 0 saturated heterocycles. The molecule has 3 aromatic carbocycles. The lowest BCUT2D eigenvalue weighted by molar-refractivity contribution is 0.111. The Hall–Kier alpha value is -3.48. The van der Waals surface area contributed by atoms with Crippen molar-refractivity contribution in [1.82, 2.24) is 9.97 Å². The average Bonchev–Trinajstić information content (AvgIpc) is 2.74. The summed E-state index contributed by atoms with van der Waals surface area (Å²) in [5.41, 5.74) is 1.43. The minimum Gasteiger partial charge on any atom is -0.434 e. The summed E-state index contributed by atoms with van der Waals surface area (Å²) in [7, 11) is 0. The SMILES string of the molecule is O=Cc1c(Cl)cccc1Oc1nc2ccccc2nc1Oc1cccc(Cl)c1C=O. The summed E-state index contributed by atoms with van der Waals surface area (Å²) in [5.74, 6) is 0.369. The van der Waals surface area contributed by atoms with Crippen LogP contribution < -0.4 is 9.47 Å². The van der Waals surface area contributed by atoms with Crippen LogP contribution in [0.4, 0.5) is 0 Å². The summed E-state index contributed by atoms with van der Waals surface area (Å²) in [6, 6.07) is 16.7. The van der Waals surface area contributed by atoms with E-state index in [4.69, 9.17) is 32.7 Å². The number of hydrogen-bond acceptors (Lipinski definition) is 6. The first kappa shape index (κ1) is 19.8. The Balaban J connectivity index is 1.85. The first-order valence-electron chi connectivity index (χ1n) is 8.70. The topological polar surface area (TPSA) is 78.4 Å². The van der Waals surface area contributed by atoms with Crippen LogP contribution in [-0.2, 0) is 0 Å². The zero-order valence-electron chi connectivity index (χ0n) is 15.2. The van der Waals surface area contributed by atoms with Crippen LogP contribution in [0, 0.1) is 0 Å². The average molecular weight is 439 g/mol. The van der Waals surface area contributed by atoms with E-state index >= 15 is 0 Å². The molecule has 8 heteroatoms. The monoisotopic (exact) mass is 438 g/mol. The van der Waals surface area contributed by atoms with Crippen LogP contribution in [0.5, 0.6) is 23.3 Å². The maximum atomic E-state index is 11.5. The minimum absolute atomic E-state index is 0.00380. The maximum Gasteiger partial charge on any atom is 0.284 e. The molecule has 4 rings (SSSR count). The van der Waals surface area contributed by atoms with Gasteiger partial charge in [0.15, 0.2) is 12.6 Å². The van der Waals surface area contributed by atoms with Crippen molar-refractivity contribution in [2.45, 2.75) is 0 Å². The Morgan fingerprint density at radius 1 is 0.633 bits per heavy atom. The predicted octanol–water partition coefficient (Wildman–Crippen LogP) is 6.15. The summed E-state index contributed by atoms with van der Waals surface area (Å²) in [6.45, 7) is 0. The number of carbonyl (C=O) groups is 2. The van der Waals surface area contributed by atoms with Crippen molar-refractivity contribution in [3.63, 3.8) is 0 Å². The number of nitrogens with zero attached hydrogens (tertiary/aromatic N) is 2. The summed E-state index contributed by atoms with van der Waals surface area (Å²) < 4.78 is 11.7. The number of hydrogen-bond donors (Lipinski definition) is 0. The standard InChI is InChI=1S/C22H12Cl2N2O4/c23-15-5-3-9-19(13(15)11-27)29-21-22(26-18-8-2-1-7-17(18)25-21)30-20-10-4-6-16(24)14(20)12-28/h1-12H. The van der Waals surface area contributed by atoms with Crippen LogP contribution in [-0.4, -0.2) is 22.5 Å². The number of benzene rings is 3. The largest absolute Gasteiger partial charge is 0.434 e. The molecule has 0 unspecified atom stereocenters. The van der Waals surface area contributed by atoms with Crippen molar-refractivity contribution in [2.24, 2.45) is 0 Å². The molecule has 0 spiro atoms. The van der Waals surface area contributed by atoms with Crippen LogP contribution >= 0.6 is 23.2 Å². The van der Waals surface area contributed by atoms with Gasteiger partial charge < -0.3 is 9.47 Å². The van der Waals surface area contributed by atoms with E-state index in [-0.39, 0.29) is 44.4 Å². The van der Waals surface area contributed by atoms with Gasteiger partial charge in [0.2, 0.25) is 0 Å². The van der Waals surface area contributed by atoms with Gasteiger partial charge >= 0.3 is 0 Å². The van der Waals surface area contributed by atoms with Crippen molar-refractivity contribution in [3.05, 3.63) is 81.8 Å². The molecule has 4 aromatic rings. The zero-order chi connectivity index (χ0) is 21.1. The molecular weight excluding hydrogens is 427 g/mol. The molecule has 148 valence electrons. The van der Waals surface area contributed by atoms with Gasteiger partial charge in [0.25, 0.3) is 11.8 Å². The van der Waals surface area contributed by atoms with Gasteiger partial charge in [-0.1, -0.05) is 47.5 Å². The highest BCUT2D eigenvalue weighted by molar-refractivity contribution is 6.33. The molecule has 30 heavy (non-hydrogen) atoms. The molecule has 0 saturated carbocycles. The second-order valence-electron chi connectivity index (χ2n) is 6.07. The Kier molecular flexibility index (Phi) is 5.61. The first-order valence-corrected chi connectivity index (χ1v) is 9.46. The Bertz CT molecular complexity index is 1180. The molecule has 0 aliphatic heterocycles. The number of para-hydroxylation sites is 2. The van der Waals surface area contributed by atoms with Gasteiger partial charge in [-0.15, -0.1) is 0 Å². The number of aldehydes is 2. The molecule has 0 aliphatic rings. The highest BCUT2D eigenvalue weighted by Crippen LogP contribution is 2.37. The smallest absolute Gasteiger partial charge is 0.284 e. The van der Waals surface area contributed by atoms with Crippen LogP contribution in [0.15, 0.2) is 60.7 Å². The van der Waals surface area contributed by atoms with Gasteiger partial charge in [-0.2, -0.15) is 0 Å². The van der Waals surface area contributed by atoms with Gasteiger partial charge in [0, 0.05) is 0 Å². The molecule has 0 radical (unpaired) electrons. The Labute approximate surface area is 181 Å². The molecule has 0 aliphatic carbocycles. The molecule has 0 atom stereocenters. The van der Waals surface area contributed by atoms with E-state index in [0.29, 0.717) is 23.6 Å². The first-order chi connectivity index (χ1) is 14.6. The summed E-state index contributed by atoms with van der Waals surface area (Å²) in [5, 5.41) is 0.466. The molecule has 0 fully saturated rings. The lowest BCUT2D eigenvalue weighted by Crippen LogP contribution is -2.00. The normalized spacial score (nSPS) is 10.6. The molecule has 0 bridgehead atoms. The van der Waals surface area contributed by atoms with Gasteiger partial charge in [-0.25, -0.2) is 9.97 Å². The lowest BCUT2D eigenvalue weighted by Gasteiger charge is -2.14. The van der Waals surface area contributed by atoms with Crippen molar-refractivity contribution >= 4 is 46.8 Å². The van der Waals surface area contributed by atoms with Crippen molar-refractivity contribution < 1.29 is 19.1 Å². The molecule has 1 aromatic heterocycles. The molecule has 0 amide bonds. The van der Waals surface area contributed by atoms with Crippen molar-refractivity contribution in [3.8, 4) is 23.3 Å². The van der Waals surface area contributed by atoms with Crippen molar-refractivity contribution in [1.29, 1.82) is 0 Å². The number of rotatable bonds is 6. The van der Waals surface area contributed by atoms with E-state index in [9.17, 15) is 9.59 Å². The van der Waals surface area contributed by atoms with Gasteiger partial charge in [-0.05, 0) is 36.4 Å². The van der Waals surface area contributed by atoms with Crippen LogP contribution in [0.3, 0.4) is 0 Å². The Morgan fingerprint density at radius 2 is 1.07 bits per heavy atom. The number of aromatic nitrogens is 2. The molecular formula is C22H12Cl2N2O4. The van der Waals surface area contributed by atoms with Crippen LogP contribution in [0.2, 0.25) is 10.0 Å². The summed E-state index contributed by atoms with van der Waals surface area (Å²) in [4.78, 5) is 31.8. The van der Waals surface area contributed by atoms with E-state index in [2.05, 4.69) is 9.97 Å². The van der Waals surface area contributed by atoms with E-state index in [1.165, 1.54) is 0 Å². The zero-order valence-corrected chi connectivity index (χ0v) is 16.7. The van der Waals surface area contributed by atoms with E-state index in [0.717, 1.165) is 0 Å². The van der Waals surface area contributed by atoms with E-state index in [1.807, 2.05) is 0 Å². The quantitative estimate of drug-likeness (QED) is 0.336. The highest BCUT2D eigenvalue weighted by atomic mass is 35.5. The second kappa shape index (κ2) is 8.49. The van der Waals surface area contributed by atoms with E-state index in [1.54, 1.807) is 60.7 Å². The third-order valence-electron chi connectivity index (χ3n) is 4.18. The fourth-order valence-electron chi connectivity index (χ4n) is 2.75. The minimum atomic E-state index is -0.00380. The lowest BCUT2D eigenvalue weighted by atomic mass is 10.2. The molecule has 0 N–H and O–H groups in total. The third kappa shape index (κ3) is 3.83. The van der Waals surface area contributed by atoms with Crippen LogP contribution in [0.1, 0.15) is 20.7 Å². The fraction of sp³-hybridized carbons (Fsp3) is 0. The number of halogens is 2. The summed E-state index contributed by atoms with van der Waals surface area (Å²) >= 11 is 12.2. The van der Waals surface area contributed by atoms with Gasteiger partial charge in [0.05, 0.1) is 32.2 Å². The van der Waals surface area contributed by atoms with E-state index < -0.39 is 0 Å². The Morgan fingerprint density at radius 3 is 1.47 bits per heavy atom. The third-order valence-corrected chi connectivity index (χ3v) is 4.84. The number of carbonyl (C=O) groups excluding carboxylic acids is 2. The molecule has 6 nitrogen and oxygen atoms in total. The van der Waals surface area contributed by atoms with Crippen LogP contribution in [0.25, 0.3) is 11.0 Å². The van der Waals surface area contributed by atoms with Crippen molar-refractivity contribution in [2.75, 3.05) is 0 Å². The number of fused-ring (bicyclic) bond motifs is 1. The van der Waals surface area contributed by atoms with Gasteiger partial charge in [0.1, 0.15) is 11.5 Å². The fourth-order valence-corrected chi connectivity index (χ4v) is 3.17. The highest BCUT2D eigenvalue weighted by Gasteiger charge is 2.18. The predicted molar refractivity (Wildman–Crippen MR) is 113 cm³/mol. The summed E-state index contributed by atoms with van der Waals surface area (Å²) in [6.07, 6.45) is 1.18. The maximum absolute atomic E-state index is 11.5. The molecule has 1 heterocycles. The van der Waals surface area contributed by atoms with Gasteiger partial charge in [-0.3, -0.25) is 9.59 Å².